The van der Waals surface area contributed by atoms with Gasteiger partial charge in [-0.2, -0.15) is 10.1 Å². The van der Waals surface area contributed by atoms with Crippen LogP contribution in [0.2, 0.25) is 5.28 Å². The Bertz CT molecular complexity index is 1300. The summed E-state index contributed by atoms with van der Waals surface area (Å²) in [4.78, 5) is 8.69. The summed E-state index contributed by atoms with van der Waals surface area (Å²) in [5.41, 5.74) is 9.77. The molecule has 2 aromatic heterocycles. The number of benzene rings is 2. The van der Waals surface area contributed by atoms with Crippen LogP contribution in [0.4, 0.5) is 0 Å². The Labute approximate surface area is 172 Å². The molecule has 148 valence electrons. The number of nitrogens with zero attached hydrogens (tertiary/aromatic N) is 4. The Morgan fingerprint density at radius 1 is 1.03 bits per heavy atom. The highest BCUT2D eigenvalue weighted by atomic mass is 35.5. The fourth-order valence-corrected chi connectivity index (χ4v) is 3.88. The van der Waals surface area contributed by atoms with Crippen LogP contribution in [0, 0.1) is 0 Å². The number of fused-ring (bicyclic) bond motifs is 1. The van der Waals surface area contributed by atoms with Crippen molar-refractivity contribution in [3.05, 3.63) is 71.1 Å². The number of sulfonamides is 1. The Balaban J connectivity index is 1.91. The zero-order valence-corrected chi connectivity index (χ0v) is 16.9. The summed E-state index contributed by atoms with van der Waals surface area (Å²) in [6, 6.07) is 15.0. The maximum atomic E-state index is 11.5. The van der Waals surface area contributed by atoms with Gasteiger partial charge in [-0.3, -0.25) is 0 Å². The Morgan fingerprint density at radius 3 is 2.31 bits per heavy atom. The fourth-order valence-electron chi connectivity index (χ4n) is 3.19. The molecule has 8 nitrogen and oxygen atoms in total. The van der Waals surface area contributed by atoms with E-state index in [1.807, 2.05) is 30.3 Å². The average molecular weight is 429 g/mol. The van der Waals surface area contributed by atoms with Crippen molar-refractivity contribution in [1.82, 2.24) is 19.7 Å². The van der Waals surface area contributed by atoms with Gasteiger partial charge in [0.05, 0.1) is 22.0 Å². The highest BCUT2D eigenvalue weighted by Crippen LogP contribution is 2.33. The van der Waals surface area contributed by atoms with E-state index in [0.29, 0.717) is 28.0 Å². The fraction of sp³-hybridized carbons (Fsp3) is 0.105. The van der Waals surface area contributed by atoms with Gasteiger partial charge in [0.1, 0.15) is 5.69 Å². The third-order valence-electron chi connectivity index (χ3n) is 4.59. The molecule has 4 aromatic rings. The molecule has 1 unspecified atom stereocenters. The standard InChI is InChI=1S/C19H17ClN6O2S/c1-26-18-14(16(25-26)12-5-3-2-4-6-12)17(23-19(20)24-18)15(21)11-7-9-13(10-8-11)29(22,27)28/h2-10,15H,21H2,1H3,(H2,22,27,28). The summed E-state index contributed by atoms with van der Waals surface area (Å²) < 4.78 is 24.6. The lowest BCUT2D eigenvalue weighted by Crippen LogP contribution is -2.16. The molecule has 0 bridgehead atoms. The quantitative estimate of drug-likeness (QED) is 0.480. The minimum absolute atomic E-state index is 0.00525. The van der Waals surface area contributed by atoms with Gasteiger partial charge in [0.15, 0.2) is 5.65 Å². The van der Waals surface area contributed by atoms with E-state index in [4.69, 9.17) is 22.5 Å². The molecule has 2 heterocycles. The molecular formula is C19H17ClN6O2S. The van der Waals surface area contributed by atoms with Crippen molar-refractivity contribution < 1.29 is 8.42 Å². The molecule has 1 atom stereocenters. The van der Waals surface area contributed by atoms with Crippen molar-refractivity contribution in [3.8, 4) is 11.3 Å². The first-order valence-electron chi connectivity index (χ1n) is 8.59. The van der Waals surface area contributed by atoms with E-state index in [0.717, 1.165) is 5.56 Å². The summed E-state index contributed by atoms with van der Waals surface area (Å²) >= 11 is 6.15. The van der Waals surface area contributed by atoms with Gasteiger partial charge in [0, 0.05) is 12.6 Å². The lowest BCUT2D eigenvalue weighted by molar-refractivity contribution is 0.597. The van der Waals surface area contributed by atoms with Crippen molar-refractivity contribution in [3.63, 3.8) is 0 Å². The van der Waals surface area contributed by atoms with E-state index >= 15 is 0 Å². The Kier molecular flexibility index (Phi) is 4.83. The first kappa shape index (κ1) is 19.5. The van der Waals surface area contributed by atoms with E-state index < -0.39 is 16.1 Å². The van der Waals surface area contributed by atoms with Crippen LogP contribution in [-0.4, -0.2) is 28.2 Å². The summed E-state index contributed by atoms with van der Waals surface area (Å²) in [5, 5.41) is 10.5. The van der Waals surface area contributed by atoms with Gasteiger partial charge in [-0.05, 0) is 29.3 Å². The molecule has 0 fully saturated rings. The van der Waals surface area contributed by atoms with Crippen LogP contribution < -0.4 is 10.9 Å². The SMILES string of the molecule is Cn1nc(-c2ccccc2)c2c(C(N)c3ccc(S(N)(=O)=O)cc3)nc(Cl)nc21. The van der Waals surface area contributed by atoms with Gasteiger partial charge in [-0.25, -0.2) is 23.2 Å². The number of hydrogen-bond acceptors (Lipinski definition) is 6. The summed E-state index contributed by atoms with van der Waals surface area (Å²) in [6.45, 7) is 0. The largest absolute Gasteiger partial charge is 0.319 e. The van der Waals surface area contributed by atoms with Crippen molar-refractivity contribution in [1.29, 1.82) is 0 Å². The molecule has 2 aromatic carbocycles. The number of halogens is 1. The molecule has 29 heavy (non-hydrogen) atoms. The summed E-state index contributed by atoms with van der Waals surface area (Å²) in [5.74, 6) is 0. The van der Waals surface area contributed by atoms with E-state index in [2.05, 4.69) is 15.1 Å². The number of aryl methyl sites for hydroxylation is 1. The molecule has 0 amide bonds. The van der Waals surface area contributed by atoms with Crippen LogP contribution in [-0.2, 0) is 17.1 Å². The number of nitrogens with two attached hydrogens (primary N) is 2. The van der Waals surface area contributed by atoms with Gasteiger partial charge in [0.2, 0.25) is 15.3 Å². The monoisotopic (exact) mass is 428 g/mol. The zero-order chi connectivity index (χ0) is 20.8. The van der Waals surface area contributed by atoms with Gasteiger partial charge in [0.25, 0.3) is 0 Å². The van der Waals surface area contributed by atoms with E-state index in [1.54, 1.807) is 23.9 Å². The van der Waals surface area contributed by atoms with E-state index in [1.165, 1.54) is 12.1 Å². The summed E-state index contributed by atoms with van der Waals surface area (Å²) in [6.07, 6.45) is 0. The number of hydrogen-bond donors (Lipinski definition) is 2. The van der Waals surface area contributed by atoms with Crippen molar-refractivity contribution in [2.24, 2.45) is 17.9 Å². The average Bonchev–Trinajstić information content (AvgIpc) is 3.03. The first-order valence-corrected chi connectivity index (χ1v) is 10.5. The zero-order valence-electron chi connectivity index (χ0n) is 15.3. The second kappa shape index (κ2) is 7.20. The van der Waals surface area contributed by atoms with Gasteiger partial charge < -0.3 is 5.73 Å². The molecule has 0 aliphatic carbocycles. The summed E-state index contributed by atoms with van der Waals surface area (Å²) in [7, 11) is -2.02. The molecule has 10 heteroatoms. The Hall–Kier alpha value is -2.85. The highest BCUT2D eigenvalue weighted by molar-refractivity contribution is 7.89. The first-order chi connectivity index (χ1) is 13.8. The lowest BCUT2D eigenvalue weighted by atomic mass is 9.99. The van der Waals surface area contributed by atoms with Crippen LogP contribution >= 0.6 is 11.6 Å². The van der Waals surface area contributed by atoms with Gasteiger partial charge >= 0.3 is 0 Å². The lowest BCUT2D eigenvalue weighted by Gasteiger charge is -2.14. The van der Waals surface area contributed by atoms with Crippen LogP contribution in [0.1, 0.15) is 17.3 Å². The minimum Gasteiger partial charge on any atom is -0.319 e. The highest BCUT2D eigenvalue weighted by Gasteiger charge is 2.23. The maximum Gasteiger partial charge on any atom is 0.238 e. The van der Waals surface area contributed by atoms with Gasteiger partial charge in [-0.15, -0.1) is 0 Å². The smallest absolute Gasteiger partial charge is 0.238 e. The van der Waals surface area contributed by atoms with Crippen LogP contribution in [0.25, 0.3) is 22.3 Å². The molecule has 0 saturated heterocycles. The normalized spacial score (nSPS) is 13.0. The van der Waals surface area contributed by atoms with Crippen molar-refractivity contribution >= 4 is 32.7 Å². The topological polar surface area (TPSA) is 130 Å². The van der Waals surface area contributed by atoms with E-state index in [-0.39, 0.29) is 10.2 Å². The molecule has 0 aliphatic rings. The number of rotatable bonds is 4. The van der Waals surface area contributed by atoms with Crippen molar-refractivity contribution in [2.45, 2.75) is 10.9 Å². The molecule has 4 N–H and O–H groups in total. The predicted octanol–water partition coefficient (Wildman–Crippen LogP) is 2.38. The van der Waals surface area contributed by atoms with Crippen LogP contribution in [0.3, 0.4) is 0 Å². The Morgan fingerprint density at radius 2 is 1.69 bits per heavy atom. The molecular weight excluding hydrogens is 412 g/mol. The molecule has 0 aliphatic heterocycles. The second-order valence-corrected chi connectivity index (χ2v) is 8.41. The molecule has 0 radical (unpaired) electrons. The number of primary sulfonamides is 1. The minimum atomic E-state index is -3.79. The molecule has 0 saturated carbocycles. The van der Waals surface area contributed by atoms with Crippen LogP contribution in [0.15, 0.2) is 59.5 Å². The molecule has 0 spiro atoms. The number of aromatic nitrogens is 4. The second-order valence-electron chi connectivity index (χ2n) is 6.51. The van der Waals surface area contributed by atoms with Gasteiger partial charge in [-0.1, -0.05) is 42.5 Å². The van der Waals surface area contributed by atoms with Crippen molar-refractivity contribution in [2.75, 3.05) is 0 Å². The van der Waals surface area contributed by atoms with Crippen LogP contribution in [0.5, 0.6) is 0 Å². The third kappa shape index (κ3) is 3.60. The predicted molar refractivity (Wildman–Crippen MR) is 111 cm³/mol. The third-order valence-corrected chi connectivity index (χ3v) is 5.69. The molecule has 4 rings (SSSR count). The van der Waals surface area contributed by atoms with E-state index in [9.17, 15) is 8.42 Å². The maximum absolute atomic E-state index is 11.5.